The molecule has 0 unspecified atom stereocenters. The topological polar surface area (TPSA) is 46.5 Å². The van der Waals surface area contributed by atoms with Gasteiger partial charge in [0.15, 0.2) is 16.4 Å². The first kappa shape index (κ1) is 9.01. The van der Waals surface area contributed by atoms with Crippen molar-refractivity contribution in [3.63, 3.8) is 0 Å². The summed E-state index contributed by atoms with van der Waals surface area (Å²) in [7, 11) is 1.72. The van der Waals surface area contributed by atoms with Gasteiger partial charge in [-0.05, 0) is 18.3 Å². The number of nitrogens with one attached hydrogen (secondary N) is 1. The van der Waals surface area contributed by atoms with Crippen LogP contribution in [0.15, 0.2) is 18.5 Å². The lowest BCUT2D eigenvalue weighted by Crippen LogP contribution is -1.95. The van der Waals surface area contributed by atoms with Crippen molar-refractivity contribution in [1.29, 1.82) is 0 Å². The van der Waals surface area contributed by atoms with Crippen molar-refractivity contribution in [1.82, 2.24) is 19.7 Å². The van der Waals surface area contributed by atoms with Crippen LogP contribution in [0.25, 0.3) is 11.4 Å². The fourth-order valence-electron chi connectivity index (χ4n) is 1.14. The number of rotatable bonds is 1. The second-order valence-corrected chi connectivity index (χ2v) is 3.15. The van der Waals surface area contributed by atoms with E-state index in [2.05, 4.69) is 15.2 Å². The van der Waals surface area contributed by atoms with Gasteiger partial charge in [-0.2, -0.15) is 5.10 Å². The quantitative estimate of drug-likeness (QED) is 0.728. The highest BCUT2D eigenvalue weighted by atomic mass is 32.1. The molecule has 4 nitrogen and oxygen atoms in total. The van der Waals surface area contributed by atoms with Gasteiger partial charge in [0.25, 0.3) is 0 Å². The Morgan fingerprint density at radius 3 is 2.93 bits per heavy atom. The van der Waals surface area contributed by atoms with Gasteiger partial charge < -0.3 is 4.57 Å². The first-order chi connectivity index (χ1) is 6.70. The molecule has 0 aromatic carbocycles. The van der Waals surface area contributed by atoms with Crippen LogP contribution in [0.5, 0.6) is 0 Å². The molecule has 0 spiro atoms. The molecule has 0 atom stereocenters. The third-order valence-electron chi connectivity index (χ3n) is 1.89. The predicted molar refractivity (Wildman–Crippen MR) is 51.6 cm³/mol. The Hall–Kier alpha value is -1.56. The van der Waals surface area contributed by atoms with Gasteiger partial charge in [-0.3, -0.25) is 10.1 Å². The van der Waals surface area contributed by atoms with Crippen LogP contribution in [0.1, 0.15) is 0 Å². The van der Waals surface area contributed by atoms with Gasteiger partial charge in [-0.25, -0.2) is 4.39 Å². The molecule has 0 aliphatic heterocycles. The molecular weight excluding hydrogens is 203 g/mol. The molecule has 6 heteroatoms. The van der Waals surface area contributed by atoms with E-state index in [4.69, 9.17) is 12.2 Å². The number of aromatic amines is 1. The van der Waals surface area contributed by atoms with Crippen LogP contribution in [0.2, 0.25) is 0 Å². The fraction of sp³-hybridized carbons (Fsp3) is 0.125. The molecule has 0 saturated heterocycles. The van der Waals surface area contributed by atoms with E-state index in [9.17, 15) is 4.39 Å². The second kappa shape index (κ2) is 3.30. The predicted octanol–water partition coefficient (Wildman–Crippen LogP) is 1.68. The molecule has 0 saturated carbocycles. The summed E-state index contributed by atoms with van der Waals surface area (Å²) in [5.74, 6) is 0.0551. The molecule has 2 aromatic rings. The number of H-pyrrole nitrogens is 1. The zero-order valence-corrected chi connectivity index (χ0v) is 8.18. The van der Waals surface area contributed by atoms with E-state index in [0.717, 1.165) is 6.20 Å². The summed E-state index contributed by atoms with van der Waals surface area (Å²) in [6.45, 7) is 0. The van der Waals surface area contributed by atoms with E-state index in [1.54, 1.807) is 17.7 Å². The molecule has 0 radical (unpaired) electrons. The van der Waals surface area contributed by atoms with Crippen LogP contribution in [0.4, 0.5) is 4.39 Å². The van der Waals surface area contributed by atoms with Crippen molar-refractivity contribution < 1.29 is 4.39 Å². The summed E-state index contributed by atoms with van der Waals surface area (Å²) in [5.41, 5.74) is 0.384. The molecule has 2 rings (SSSR count). The van der Waals surface area contributed by atoms with Crippen LogP contribution in [0.3, 0.4) is 0 Å². The Balaban J connectivity index is 2.66. The number of pyridine rings is 1. The number of hydrogen-bond donors (Lipinski definition) is 1. The highest BCUT2D eigenvalue weighted by Crippen LogP contribution is 2.18. The van der Waals surface area contributed by atoms with E-state index in [1.165, 1.54) is 6.20 Å². The molecule has 0 fully saturated rings. The first-order valence-electron chi connectivity index (χ1n) is 3.91. The summed E-state index contributed by atoms with van der Waals surface area (Å²) in [5, 5.41) is 6.52. The van der Waals surface area contributed by atoms with Crippen molar-refractivity contribution in [2.45, 2.75) is 0 Å². The molecule has 1 N–H and O–H groups in total. The Bertz CT molecular complexity index is 516. The standard InChI is InChI=1S/C8H7FN4S/c1-13-7(11-12-8(13)14)5-2-3-10-4-6(5)9/h2-4H,1H3,(H,12,14). The summed E-state index contributed by atoms with van der Waals surface area (Å²) < 4.78 is 15.4. The molecule has 0 bridgehead atoms. The van der Waals surface area contributed by atoms with E-state index in [1.807, 2.05) is 0 Å². The third-order valence-corrected chi connectivity index (χ3v) is 2.26. The minimum absolute atomic E-state index is 0.384. The van der Waals surface area contributed by atoms with Gasteiger partial charge in [-0.1, -0.05) is 0 Å². The second-order valence-electron chi connectivity index (χ2n) is 2.77. The van der Waals surface area contributed by atoms with E-state index in [-0.39, 0.29) is 0 Å². The van der Waals surface area contributed by atoms with Crippen LogP contribution in [0, 0.1) is 10.6 Å². The Kier molecular flexibility index (Phi) is 2.12. The van der Waals surface area contributed by atoms with Gasteiger partial charge >= 0.3 is 0 Å². The van der Waals surface area contributed by atoms with E-state index < -0.39 is 5.82 Å². The van der Waals surface area contributed by atoms with Gasteiger partial charge in [0.1, 0.15) is 0 Å². The van der Waals surface area contributed by atoms with Gasteiger partial charge in [0.05, 0.1) is 11.8 Å². The monoisotopic (exact) mass is 210 g/mol. The number of nitrogens with zero attached hydrogens (tertiary/aromatic N) is 3. The minimum atomic E-state index is -0.412. The van der Waals surface area contributed by atoms with Crippen LogP contribution in [-0.2, 0) is 7.05 Å². The average Bonchev–Trinajstić information content (AvgIpc) is 2.49. The number of halogens is 1. The van der Waals surface area contributed by atoms with Crippen LogP contribution in [-0.4, -0.2) is 19.7 Å². The summed E-state index contributed by atoms with van der Waals surface area (Å²) >= 11 is 4.92. The lowest BCUT2D eigenvalue weighted by Gasteiger charge is -2.00. The number of hydrogen-bond acceptors (Lipinski definition) is 3. The molecule has 72 valence electrons. The van der Waals surface area contributed by atoms with E-state index in [0.29, 0.717) is 16.2 Å². The summed E-state index contributed by atoms with van der Waals surface area (Å²) in [6.07, 6.45) is 2.66. The maximum atomic E-state index is 13.3. The van der Waals surface area contributed by atoms with Crippen molar-refractivity contribution in [3.05, 3.63) is 29.0 Å². The lowest BCUT2D eigenvalue weighted by molar-refractivity contribution is 0.622. The molecule has 2 aromatic heterocycles. The molecule has 2 heterocycles. The Morgan fingerprint density at radius 2 is 2.36 bits per heavy atom. The van der Waals surface area contributed by atoms with Crippen molar-refractivity contribution in [2.24, 2.45) is 7.05 Å². The summed E-state index contributed by atoms with van der Waals surface area (Å²) in [6, 6.07) is 1.56. The number of aromatic nitrogens is 4. The molecule has 0 aliphatic carbocycles. The molecule has 14 heavy (non-hydrogen) atoms. The van der Waals surface area contributed by atoms with E-state index >= 15 is 0 Å². The van der Waals surface area contributed by atoms with Gasteiger partial charge in [0.2, 0.25) is 0 Å². The largest absolute Gasteiger partial charge is 0.303 e. The van der Waals surface area contributed by atoms with Gasteiger partial charge in [-0.15, -0.1) is 0 Å². The first-order valence-corrected chi connectivity index (χ1v) is 4.32. The van der Waals surface area contributed by atoms with Crippen molar-refractivity contribution in [2.75, 3.05) is 0 Å². The lowest BCUT2D eigenvalue weighted by atomic mass is 10.2. The van der Waals surface area contributed by atoms with Crippen LogP contribution >= 0.6 is 12.2 Å². The smallest absolute Gasteiger partial charge is 0.195 e. The highest BCUT2D eigenvalue weighted by molar-refractivity contribution is 7.71. The Labute approximate surface area is 84.4 Å². The third kappa shape index (κ3) is 1.33. The minimum Gasteiger partial charge on any atom is -0.303 e. The Morgan fingerprint density at radius 1 is 1.57 bits per heavy atom. The van der Waals surface area contributed by atoms with Gasteiger partial charge in [0, 0.05) is 13.2 Å². The zero-order valence-electron chi connectivity index (χ0n) is 7.36. The SMILES string of the molecule is Cn1c(-c2ccncc2F)n[nH]c1=S. The molecule has 0 aliphatic rings. The molecular formula is C8H7FN4S. The van der Waals surface area contributed by atoms with Crippen LogP contribution < -0.4 is 0 Å². The fourth-order valence-corrected chi connectivity index (χ4v) is 1.28. The maximum absolute atomic E-state index is 13.3. The zero-order chi connectivity index (χ0) is 10.1. The maximum Gasteiger partial charge on any atom is 0.195 e. The van der Waals surface area contributed by atoms with Crippen molar-refractivity contribution >= 4 is 12.2 Å². The van der Waals surface area contributed by atoms with Crippen molar-refractivity contribution in [3.8, 4) is 11.4 Å². The normalized spacial score (nSPS) is 10.4. The molecule has 0 amide bonds. The summed E-state index contributed by atoms with van der Waals surface area (Å²) in [4.78, 5) is 3.66. The average molecular weight is 210 g/mol. The highest BCUT2D eigenvalue weighted by Gasteiger charge is 2.09.